The summed E-state index contributed by atoms with van der Waals surface area (Å²) in [6.45, 7) is -1.89. The number of hydrogen-bond acceptors (Lipinski definition) is 5. The molecule has 3 N–H and O–H groups in total. The average molecular weight is 304 g/mol. The standard InChI is InChI=1S/C14H22F2N2O3/c1-19-9-10(4-3-7-17)18-12-8-11(20-2)5-6-13(12)21-14(15)16/h5-6,8,10,14,18H,3-4,7,9,17H2,1-2H3. The van der Waals surface area contributed by atoms with Crippen molar-refractivity contribution in [3.8, 4) is 11.5 Å². The van der Waals surface area contributed by atoms with E-state index in [1.165, 1.54) is 13.2 Å². The Morgan fingerprint density at radius 3 is 2.62 bits per heavy atom. The number of nitrogens with two attached hydrogens (primary N) is 1. The largest absolute Gasteiger partial charge is 0.497 e. The number of alkyl halides is 2. The van der Waals surface area contributed by atoms with E-state index in [9.17, 15) is 8.78 Å². The Kier molecular flexibility index (Phi) is 7.78. The topological polar surface area (TPSA) is 65.7 Å². The minimum Gasteiger partial charge on any atom is -0.497 e. The van der Waals surface area contributed by atoms with Gasteiger partial charge in [-0.15, -0.1) is 0 Å². The minimum absolute atomic E-state index is 0.0503. The zero-order valence-corrected chi connectivity index (χ0v) is 12.3. The highest BCUT2D eigenvalue weighted by Crippen LogP contribution is 2.31. The van der Waals surface area contributed by atoms with Gasteiger partial charge in [0.2, 0.25) is 0 Å². The molecule has 1 atom stereocenters. The number of benzene rings is 1. The molecule has 0 amide bonds. The number of ether oxygens (including phenoxy) is 3. The van der Waals surface area contributed by atoms with E-state index < -0.39 is 6.61 Å². The number of methoxy groups -OCH3 is 2. The molecule has 0 aliphatic heterocycles. The molecule has 0 aliphatic carbocycles. The molecule has 0 fully saturated rings. The molecule has 0 bridgehead atoms. The Labute approximate surface area is 123 Å². The van der Waals surface area contributed by atoms with Gasteiger partial charge >= 0.3 is 6.61 Å². The summed E-state index contributed by atoms with van der Waals surface area (Å²) in [5, 5.41) is 3.14. The number of nitrogens with one attached hydrogen (secondary N) is 1. The molecule has 1 unspecified atom stereocenters. The first-order valence-electron chi connectivity index (χ1n) is 6.69. The van der Waals surface area contributed by atoms with Crippen LogP contribution in [0.3, 0.4) is 0 Å². The lowest BCUT2D eigenvalue weighted by Gasteiger charge is -2.21. The molecule has 0 aromatic heterocycles. The van der Waals surface area contributed by atoms with Crippen molar-refractivity contribution in [1.29, 1.82) is 0 Å². The fourth-order valence-electron chi connectivity index (χ4n) is 1.93. The van der Waals surface area contributed by atoms with Crippen molar-refractivity contribution in [1.82, 2.24) is 0 Å². The van der Waals surface area contributed by atoms with Gasteiger partial charge in [0.25, 0.3) is 0 Å². The average Bonchev–Trinajstić information content (AvgIpc) is 2.46. The van der Waals surface area contributed by atoms with Gasteiger partial charge in [-0.3, -0.25) is 0 Å². The minimum atomic E-state index is -2.89. The van der Waals surface area contributed by atoms with Gasteiger partial charge in [-0.25, -0.2) is 0 Å². The van der Waals surface area contributed by atoms with Crippen LogP contribution in [0.4, 0.5) is 14.5 Å². The Bertz CT molecular complexity index is 419. The van der Waals surface area contributed by atoms with E-state index in [-0.39, 0.29) is 11.8 Å². The van der Waals surface area contributed by atoms with Gasteiger partial charge in [0, 0.05) is 19.2 Å². The Balaban J connectivity index is 2.89. The maximum Gasteiger partial charge on any atom is 0.387 e. The van der Waals surface area contributed by atoms with E-state index in [0.29, 0.717) is 24.6 Å². The number of rotatable bonds is 10. The summed E-state index contributed by atoms with van der Waals surface area (Å²) in [5.74, 6) is 0.619. The highest BCUT2D eigenvalue weighted by molar-refractivity contribution is 5.60. The highest BCUT2D eigenvalue weighted by atomic mass is 19.3. The van der Waals surface area contributed by atoms with Crippen LogP contribution in [0.2, 0.25) is 0 Å². The lowest BCUT2D eigenvalue weighted by Crippen LogP contribution is -2.26. The maximum absolute atomic E-state index is 12.4. The number of hydrogen-bond donors (Lipinski definition) is 2. The number of halogens is 2. The van der Waals surface area contributed by atoms with Crippen molar-refractivity contribution in [2.75, 3.05) is 32.7 Å². The molecule has 5 nitrogen and oxygen atoms in total. The molecule has 120 valence electrons. The van der Waals surface area contributed by atoms with Crippen LogP contribution in [0.1, 0.15) is 12.8 Å². The summed E-state index contributed by atoms with van der Waals surface area (Å²) in [5.41, 5.74) is 5.93. The lowest BCUT2D eigenvalue weighted by atomic mass is 10.1. The zero-order chi connectivity index (χ0) is 15.7. The summed E-state index contributed by atoms with van der Waals surface area (Å²) in [7, 11) is 3.09. The van der Waals surface area contributed by atoms with Crippen LogP contribution >= 0.6 is 0 Å². The van der Waals surface area contributed by atoms with E-state index in [4.69, 9.17) is 15.2 Å². The normalized spacial score (nSPS) is 12.3. The first-order chi connectivity index (χ1) is 10.1. The third-order valence-corrected chi connectivity index (χ3v) is 2.89. The fraction of sp³-hybridized carbons (Fsp3) is 0.571. The number of anilines is 1. The summed E-state index contributed by atoms with van der Waals surface area (Å²) in [6.07, 6.45) is 1.56. The smallest absolute Gasteiger partial charge is 0.387 e. The summed E-state index contributed by atoms with van der Waals surface area (Å²) >= 11 is 0. The summed E-state index contributed by atoms with van der Waals surface area (Å²) < 4.78 is 39.6. The predicted octanol–water partition coefficient (Wildman–Crippen LogP) is 2.46. The molecule has 1 aromatic rings. The lowest BCUT2D eigenvalue weighted by molar-refractivity contribution is -0.0494. The van der Waals surface area contributed by atoms with Gasteiger partial charge < -0.3 is 25.3 Å². The molecule has 1 rings (SSSR count). The molecular weight excluding hydrogens is 282 g/mol. The first kappa shape index (κ1) is 17.5. The van der Waals surface area contributed by atoms with Gasteiger partial charge in [0.15, 0.2) is 0 Å². The van der Waals surface area contributed by atoms with E-state index in [0.717, 1.165) is 12.8 Å². The van der Waals surface area contributed by atoms with Gasteiger partial charge in [-0.05, 0) is 31.5 Å². The Hall–Kier alpha value is -1.60. The molecule has 7 heteroatoms. The van der Waals surface area contributed by atoms with E-state index in [2.05, 4.69) is 10.1 Å². The van der Waals surface area contributed by atoms with Crippen LogP contribution in [0, 0.1) is 0 Å². The predicted molar refractivity (Wildman–Crippen MR) is 77.2 cm³/mol. The first-order valence-corrected chi connectivity index (χ1v) is 6.69. The molecule has 0 saturated heterocycles. The molecule has 1 aromatic carbocycles. The van der Waals surface area contributed by atoms with Crippen LogP contribution in [-0.2, 0) is 4.74 Å². The second kappa shape index (κ2) is 9.36. The SMILES string of the molecule is COCC(CCCN)Nc1cc(OC)ccc1OC(F)F. The van der Waals surface area contributed by atoms with Crippen LogP contribution in [0.5, 0.6) is 11.5 Å². The molecule has 0 radical (unpaired) electrons. The molecule has 21 heavy (non-hydrogen) atoms. The van der Waals surface area contributed by atoms with E-state index in [1.807, 2.05) is 0 Å². The molecule has 0 spiro atoms. The van der Waals surface area contributed by atoms with Crippen molar-refractivity contribution in [3.05, 3.63) is 18.2 Å². The third-order valence-electron chi connectivity index (χ3n) is 2.89. The van der Waals surface area contributed by atoms with Crippen molar-refractivity contribution < 1.29 is 23.0 Å². The maximum atomic E-state index is 12.4. The van der Waals surface area contributed by atoms with Crippen molar-refractivity contribution in [2.24, 2.45) is 5.73 Å². The van der Waals surface area contributed by atoms with Gasteiger partial charge in [-0.1, -0.05) is 0 Å². The molecule has 0 aliphatic rings. The second-order valence-corrected chi connectivity index (χ2v) is 4.47. The van der Waals surface area contributed by atoms with E-state index in [1.54, 1.807) is 19.2 Å². The Morgan fingerprint density at radius 2 is 2.05 bits per heavy atom. The zero-order valence-electron chi connectivity index (χ0n) is 12.3. The van der Waals surface area contributed by atoms with Gasteiger partial charge in [0.1, 0.15) is 11.5 Å². The van der Waals surface area contributed by atoms with E-state index >= 15 is 0 Å². The van der Waals surface area contributed by atoms with Crippen molar-refractivity contribution >= 4 is 5.69 Å². The quantitative estimate of drug-likeness (QED) is 0.695. The monoisotopic (exact) mass is 304 g/mol. The molecule has 0 heterocycles. The van der Waals surface area contributed by atoms with Crippen LogP contribution in [-0.4, -0.2) is 40.0 Å². The second-order valence-electron chi connectivity index (χ2n) is 4.47. The van der Waals surface area contributed by atoms with Crippen molar-refractivity contribution in [3.63, 3.8) is 0 Å². The third kappa shape index (κ3) is 6.14. The Morgan fingerprint density at radius 1 is 1.29 bits per heavy atom. The van der Waals surface area contributed by atoms with Crippen LogP contribution in [0.15, 0.2) is 18.2 Å². The van der Waals surface area contributed by atoms with Gasteiger partial charge in [0.05, 0.1) is 19.4 Å². The van der Waals surface area contributed by atoms with Crippen molar-refractivity contribution in [2.45, 2.75) is 25.5 Å². The summed E-state index contributed by atoms with van der Waals surface area (Å²) in [4.78, 5) is 0. The van der Waals surface area contributed by atoms with Gasteiger partial charge in [-0.2, -0.15) is 8.78 Å². The molecular formula is C14H22F2N2O3. The van der Waals surface area contributed by atoms with Crippen LogP contribution in [0.25, 0.3) is 0 Å². The van der Waals surface area contributed by atoms with Crippen LogP contribution < -0.4 is 20.5 Å². The summed E-state index contributed by atoms with van der Waals surface area (Å²) in [6, 6.07) is 4.57. The fourth-order valence-corrected chi connectivity index (χ4v) is 1.93. The molecule has 0 saturated carbocycles. The highest BCUT2D eigenvalue weighted by Gasteiger charge is 2.15.